The zero-order chi connectivity index (χ0) is 20.1. The highest BCUT2D eigenvalue weighted by Crippen LogP contribution is 2.36. The lowest BCUT2D eigenvalue weighted by Crippen LogP contribution is -2.26. The predicted molar refractivity (Wildman–Crippen MR) is 104 cm³/mol. The topological polar surface area (TPSA) is 73.9 Å². The van der Waals surface area contributed by atoms with Crippen molar-refractivity contribution in [1.29, 1.82) is 0 Å². The van der Waals surface area contributed by atoms with Gasteiger partial charge in [-0.15, -0.1) is 0 Å². The molecule has 1 N–H and O–H groups in total. The van der Waals surface area contributed by atoms with Crippen LogP contribution in [0.25, 0.3) is 0 Å². The Kier molecular flexibility index (Phi) is 6.19. The van der Waals surface area contributed by atoms with E-state index in [2.05, 4.69) is 5.32 Å². The third-order valence-electron chi connectivity index (χ3n) is 4.56. The van der Waals surface area contributed by atoms with Crippen LogP contribution < -0.4 is 14.8 Å². The maximum atomic E-state index is 12.6. The van der Waals surface area contributed by atoms with Gasteiger partial charge in [-0.1, -0.05) is 36.4 Å². The number of amides is 1. The summed E-state index contributed by atoms with van der Waals surface area (Å²) in [5.74, 6) is 0.0251. The molecule has 3 rings (SSSR count). The molecular weight excluding hydrogens is 358 g/mol. The van der Waals surface area contributed by atoms with Crippen LogP contribution >= 0.6 is 0 Å². The van der Waals surface area contributed by atoms with Crippen LogP contribution in [0.2, 0.25) is 0 Å². The van der Waals surface area contributed by atoms with Crippen LogP contribution in [0.1, 0.15) is 37.4 Å². The fourth-order valence-electron chi connectivity index (χ4n) is 3.25. The van der Waals surface area contributed by atoms with Crippen LogP contribution in [0.3, 0.4) is 0 Å². The third kappa shape index (κ3) is 4.63. The lowest BCUT2D eigenvalue weighted by molar-refractivity contribution is -0.150. The van der Waals surface area contributed by atoms with Crippen molar-refractivity contribution in [3.8, 4) is 11.5 Å². The van der Waals surface area contributed by atoms with Crippen molar-refractivity contribution < 1.29 is 23.8 Å². The minimum Gasteiger partial charge on any atom is -0.493 e. The molecule has 0 spiro atoms. The molecule has 1 heterocycles. The van der Waals surface area contributed by atoms with Crippen molar-refractivity contribution in [3.63, 3.8) is 0 Å². The predicted octanol–water partition coefficient (Wildman–Crippen LogP) is 3.40. The Morgan fingerprint density at radius 1 is 1.14 bits per heavy atom. The van der Waals surface area contributed by atoms with E-state index in [0.717, 1.165) is 11.1 Å². The van der Waals surface area contributed by atoms with Crippen LogP contribution in [0.4, 0.5) is 0 Å². The van der Waals surface area contributed by atoms with E-state index in [1.165, 1.54) is 0 Å². The summed E-state index contributed by atoms with van der Waals surface area (Å²) in [6.45, 7) is 4.05. The highest BCUT2D eigenvalue weighted by Gasteiger charge is 2.40. The molecule has 0 bridgehead atoms. The summed E-state index contributed by atoms with van der Waals surface area (Å²) in [4.78, 5) is 24.7. The van der Waals surface area contributed by atoms with E-state index >= 15 is 0 Å². The SMILES string of the molecule is COc1cc([C@H]2NC(=O)C[C@H]2C(=O)OCc2ccccc2)ccc1OC(C)C. The van der Waals surface area contributed by atoms with Crippen molar-refractivity contribution >= 4 is 11.9 Å². The molecule has 1 aliphatic heterocycles. The number of nitrogens with one attached hydrogen (secondary N) is 1. The first-order chi connectivity index (χ1) is 13.5. The number of ether oxygens (including phenoxy) is 3. The Labute approximate surface area is 164 Å². The molecule has 0 radical (unpaired) electrons. The lowest BCUT2D eigenvalue weighted by Gasteiger charge is -2.20. The van der Waals surface area contributed by atoms with Crippen molar-refractivity contribution in [2.75, 3.05) is 7.11 Å². The maximum Gasteiger partial charge on any atom is 0.312 e. The largest absolute Gasteiger partial charge is 0.493 e. The molecule has 6 heteroatoms. The van der Waals surface area contributed by atoms with Crippen LogP contribution in [-0.4, -0.2) is 25.1 Å². The van der Waals surface area contributed by atoms with Crippen molar-refractivity contribution in [1.82, 2.24) is 5.32 Å². The minimum absolute atomic E-state index is 0.00615. The summed E-state index contributed by atoms with van der Waals surface area (Å²) < 4.78 is 16.6. The van der Waals surface area contributed by atoms with Crippen molar-refractivity contribution in [2.45, 2.75) is 39.0 Å². The van der Waals surface area contributed by atoms with E-state index in [1.807, 2.05) is 50.2 Å². The van der Waals surface area contributed by atoms with Crippen LogP contribution in [-0.2, 0) is 20.9 Å². The fraction of sp³-hybridized carbons (Fsp3) is 0.364. The first kappa shape index (κ1) is 19.7. The molecule has 1 saturated heterocycles. The highest BCUT2D eigenvalue weighted by molar-refractivity contribution is 5.88. The zero-order valence-corrected chi connectivity index (χ0v) is 16.3. The number of rotatable bonds is 7. The Morgan fingerprint density at radius 2 is 1.89 bits per heavy atom. The van der Waals surface area contributed by atoms with Crippen molar-refractivity contribution in [3.05, 3.63) is 59.7 Å². The smallest absolute Gasteiger partial charge is 0.312 e. The second kappa shape index (κ2) is 8.78. The summed E-state index contributed by atoms with van der Waals surface area (Å²) in [5.41, 5.74) is 1.68. The molecule has 2 atom stereocenters. The molecule has 6 nitrogen and oxygen atoms in total. The molecule has 0 unspecified atom stereocenters. The molecule has 1 amide bonds. The number of hydrogen-bond donors (Lipinski definition) is 1. The summed E-state index contributed by atoms with van der Waals surface area (Å²) in [6, 6.07) is 14.4. The van der Waals surface area contributed by atoms with Gasteiger partial charge in [-0.3, -0.25) is 9.59 Å². The quantitative estimate of drug-likeness (QED) is 0.742. The summed E-state index contributed by atoms with van der Waals surface area (Å²) in [7, 11) is 1.56. The van der Waals surface area contributed by atoms with Gasteiger partial charge in [-0.2, -0.15) is 0 Å². The number of esters is 1. The monoisotopic (exact) mass is 383 g/mol. The van der Waals surface area contributed by atoms with Gasteiger partial charge in [0.15, 0.2) is 11.5 Å². The lowest BCUT2D eigenvalue weighted by atomic mass is 9.94. The number of hydrogen-bond acceptors (Lipinski definition) is 5. The Balaban J connectivity index is 1.76. The number of carbonyl (C=O) groups is 2. The van der Waals surface area contributed by atoms with Gasteiger partial charge in [0.05, 0.1) is 25.2 Å². The van der Waals surface area contributed by atoms with Gasteiger partial charge in [-0.05, 0) is 37.1 Å². The first-order valence-corrected chi connectivity index (χ1v) is 9.32. The third-order valence-corrected chi connectivity index (χ3v) is 4.56. The minimum atomic E-state index is -0.585. The summed E-state index contributed by atoms with van der Waals surface area (Å²) in [6.07, 6.45) is 0.108. The Bertz CT molecular complexity index is 834. The zero-order valence-electron chi connectivity index (χ0n) is 16.3. The molecule has 28 heavy (non-hydrogen) atoms. The van der Waals surface area contributed by atoms with E-state index in [9.17, 15) is 9.59 Å². The maximum absolute atomic E-state index is 12.6. The van der Waals surface area contributed by atoms with Gasteiger partial charge < -0.3 is 19.5 Å². The van der Waals surface area contributed by atoms with E-state index in [-0.39, 0.29) is 25.0 Å². The summed E-state index contributed by atoms with van der Waals surface area (Å²) >= 11 is 0. The van der Waals surface area contributed by atoms with E-state index < -0.39 is 17.9 Å². The second-order valence-electron chi connectivity index (χ2n) is 7.03. The average molecular weight is 383 g/mol. The van der Waals surface area contributed by atoms with Crippen molar-refractivity contribution in [2.24, 2.45) is 5.92 Å². The number of methoxy groups -OCH3 is 1. The molecular formula is C22H25NO5. The molecule has 1 fully saturated rings. The van der Waals surface area contributed by atoms with E-state index in [4.69, 9.17) is 14.2 Å². The number of benzene rings is 2. The molecule has 2 aromatic rings. The van der Waals surface area contributed by atoms with Gasteiger partial charge in [0.25, 0.3) is 0 Å². The average Bonchev–Trinajstić information content (AvgIpc) is 3.08. The molecule has 0 aromatic heterocycles. The van der Waals surface area contributed by atoms with Gasteiger partial charge >= 0.3 is 5.97 Å². The standard InChI is InChI=1S/C22H25NO5/c1-14(2)28-18-10-9-16(11-19(18)26-3)21-17(12-20(24)23-21)22(25)27-13-15-7-5-4-6-8-15/h4-11,14,17,21H,12-13H2,1-3H3,(H,23,24)/t17-,21-/m1/s1. The molecule has 148 valence electrons. The highest BCUT2D eigenvalue weighted by atomic mass is 16.5. The molecule has 0 saturated carbocycles. The van der Waals surface area contributed by atoms with Gasteiger partial charge in [0, 0.05) is 6.42 Å². The molecule has 2 aromatic carbocycles. The van der Waals surface area contributed by atoms with E-state index in [1.54, 1.807) is 19.2 Å². The van der Waals surface area contributed by atoms with E-state index in [0.29, 0.717) is 11.5 Å². The Hall–Kier alpha value is -3.02. The fourth-order valence-corrected chi connectivity index (χ4v) is 3.25. The van der Waals surface area contributed by atoms with Crippen LogP contribution in [0, 0.1) is 5.92 Å². The normalized spacial score (nSPS) is 18.6. The molecule has 0 aliphatic carbocycles. The van der Waals surface area contributed by atoms with Gasteiger partial charge in [0.2, 0.25) is 5.91 Å². The van der Waals surface area contributed by atoms with Crippen LogP contribution in [0.5, 0.6) is 11.5 Å². The summed E-state index contributed by atoms with van der Waals surface area (Å²) in [5, 5.41) is 2.87. The Morgan fingerprint density at radius 3 is 2.57 bits per heavy atom. The first-order valence-electron chi connectivity index (χ1n) is 9.32. The molecule has 1 aliphatic rings. The van der Waals surface area contributed by atoms with Crippen LogP contribution in [0.15, 0.2) is 48.5 Å². The van der Waals surface area contributed by atoms with Gasteiger partial charge in [0.1, 0.15) is 6.61 Å². The second-order valence-corrected chi connectivity index (χ2v) is 7.03. The number of carbonyl (C=O) groups excluding carboxylic acids is 2. The van der Waals surface area contributed by atoms with Gasteiger partial charge in [-0.25, -0.2) is 0 Å².